The highest BCUT2D eigenvalue weighted by Gasteiger charge is 2.14. The van der Waals surface area contributed by atoms with Crippen LogP contribution in [0.25, 0.3) is 0 Å². The lowest BCUT2D eigenvalue weighted by Crippen LogP contribution is -2.21. The molecule has 0 saturated carbocycles. The van der Waals surface area contributed by atoms with Crippen LogP contribution in [0.3, 0.4) is 0 Å². The molecule has 0 spiro atoms. The first-order valence-electron chi connectivity index (χ1n) is 6.28. The van der Waals surface area contributed by atoms with Gasteiger partial charge in [0.25, 0.3) is 0 Å². The molecule has 0 aliphatic heterocycles. The molecule has 0 aliphatic carbocycles. The van der Waals surface area contributed by atoms with Crippen LogP contribution in [0, 0.1) is 13.8 Å². The monoisotopic (exact) mass is 270 g/mol. The zero-order chi connectivity index (χ0) is 14.7. The van der Waals surface area contributed by atoms with E-state index in [-0.39, 0.29) is 5.84 Å². The fraction of sp³-hybridized carbons (Fsp3) is 0.200. The summed E-state index contributed by atoms with van der Waals surface area (Å²) in [4.78, 5) is 6.17. The molecule has 0 amide bonds. The number of amidine groups is 1. The minimum absolute atomic E-state index is 0.00258. The highest BCUT2D eigenvalue weighted by Crippen LogP contribution is 2.28. The lowest BCUT2D eigenvalue weighted by atomic mass is 10.1. The number of benzene rings is 1. The van der Waals surface area contributed by atoms with Gasteiger partial charge in [-0.2, -0.15) is 0 Å². The predicted molar refractivity (Wildman–Crippen MR) is 80.7 cm³/mol. The maximum absolute atomic E-state index is 8.86. The summed E-state index contributed by atoms with van der Waals surface area (Å²) in [7, 11) is 1.93. The highest BCUT2D eigenvalue weighted by atomic mass is 16.4. The van der Waals surface area contributed by atoms with Gasteiger partial charge < -0.3 is 15.8 Å². The number of hydrogen-bond donors (Lipinski definition) is 2. The molecule has 1 aromatic heterocycles. The van der Waals surface area contributed by atoms with Crippen molar-refractivity contribution in [2.24, 2.45) is 10.9 Å². The van der Waals surface area contributed by atoms with Crippen LogP contribution in [-0.2, 0) is 0 Å². The average Bonchev–Trinajstić information content (AvgIpc) is 2.46. The van der Waals surface area contributed by atoms with Crippen molar-refractivity contribution in [1.29, 1.82) is 0 Å². The number of nitrogens with two attached hydrogens (primary N) is 1. The van der Waals surface area contributed by atoms with Crippen LogP contribution >= 0.6 is 0 Å². The van der Waals surface area contributed by atoms with E-state index in [9.17, 15) is 0 Å². The first-order valence-corrected chi connectivity index (χ1v) is 6.28. The molecule has 0 radical (unpaired) electrons. The summed E-state index contributed by atoms with van der Waals surface area (Å²) in [5.74, 6) is -0.00258. The lowest BCUT2D eigenvalue weighted by molar-refractivity contribution is 0.318. The highest BCUT2D eigenvalue weighted by molar-refractivity contribution is 6.01. The van der Waals surface area contributed by atoms with Gasteiger partial charge in [0.2, 0.25) is 0 Å². The van der Waals surface area contributed by atoms with E-state index in [1.165, 1.54) is 5.56 Å². The van der Waals surface area contributed by atoms with Crippen molar-refractivity contribution >= 4 is 17.2 Å². The number of anilines is 2. The van der Waals surface area contributed by atoms with Gasteiger partial charge in [-0.15, -0.1) is 0 Å². The second kappa shape index (κ2) is 5.61. The average molecular weight is 270 g/mol. The lowest BCUT2D eigenvalue weighted by Gasteiger charge is -2.23. The van der Waals surface area contributed by atoms with Crippen molar-refractivity contribution in [2.75, 3.05) is 11.9 Å². The van der Waals surface area contributed by atoms with Crippen molar-refractivity contribution < 1.29 is 5.21 Å². The van der Waals surface area contributed by atoms with Gasteiger partial charge in [0, 0.05) is 18.9 Å². The number of aryl methyl sites for hydroxylation is 2. The zero-order valence-electron chi connectivity index (χ0n) is 11.8. The fourth-order valence-electron chi connectivity index (χ4n) is 2.22. The Hall–Kier alpha value is -2.56. The number of pyridine rings is 1. The van der Waals surface area contributed by atoms with Gasteiger partial charge in [0.05, 0.1) is 5.69 Å². The third-order valence-corrected chi connectivity index (χ3v) is 3.21. The Morgan fingerprint density at radius 2 is 2.00 bits per heavy atom. The second-order valence-electron chi connectivity index (χ2n) is 4.71. The van der Waals surface area contributed by atoms with Gasteiger partial charge in [-0.25, -0.2) is 0 Å². The number of rotatable bonds is 3. The molecule has 5 heteroatoms. The summed E-state index contributed by atoms with van der Waals surface area (Å²) >= 11 is 0. The second-order valence-corrected chi connectivity index (χ2v) is 4.71. The summed E-state index contributed by atoms with van der Waals surface area (Å²) < 4.78 is 0. The topological polar surface area (TPSA) is 74.7 Å². The van der Waals surface area contributed by atoms with Crippen molar-refractivity contribution in [1.82, 2.24) is 4.98 Å². The summed E-state index contributed by atoms with van der Waals surface area (Å²) in [6.45, 7) is 4.11. The van der Waals surface area contributed by atoms with Crippen LogP contribution in [-0.4, -0.2) is 23.1 Å². The zero-order valence-corrected chi connectivity index (χ0v) is 11.8. The van der Waals surface area contributed by atoms with E-state index in [0.717, 1.165) is 16.9 Å². The van der Waals surface area contributed by atoms with E-state index in [1.54, 1.807) is 6.20 Å². The summed E-state index contributed by atoms with van der Waals surface area (Å²) in [6, 6.07) is 9.93. The molecule has 104 valence electrons. The maximum Gasteiger partial charge on any atom is 0.190 e. The Balaban J connectivity index is 2.51. The summed E-state index contributed by atoms with van der Waals surface area (Å²) in [6.07, 6.45) is 1.62. The molecule has 1 heterocycles. The molecular weight excluding hydrogens is 252 g/mol. The van der Waals surface area contributed by atoms with E-state index in [2.05, 4.69) is 36.1 Å². The summed E-state index contributed by atoms with van der Waals surface area (Å²) in [5.41, 5.74) is 10.3. The quantitative estimate of drug-likeness (QED) is 0.389. The molecule has 5 nitrogen and oxygen atoms in total. The van der Waals surface area contributed by atoms with Gasteiger partial charge in [-0.1, -0.05) is 22.9 Å². The molecule has 0 fully saturated rings. The van der Waals surface area contributed by atoms with Crippen molar-refractivity contribution in [2.45, 2.75) is 13.8 Å². The van der Waals surface area contributed by atoms with Gasteiger partial charge in [-0.05, 0) is 37.6 Å². The van der Waals surface area contributed by atoms with E-state index >= 15 is 0 Å². The van der Waals surface area contributed by atoms with Gasteiger partial charge in [0.1, 0.15) is 5.69 Å². The number of nitrogens with zero attached hydrogens (tertiary/aromatic N) is 3. The van der Waals surface area contributed by atoms with Crippen LogP contribution in [0.2, 0.25) is 0 Å². The molecule has 0 saturated heterocycles. The van der Waals surface area contributed by atoms with Crippen LogP contribution in [0.1, 0.15) is 16.8 Å². The molecule has 0 bridgehead atoms. The van der Waals surface area contributed by atoms with Crippen LogP contribution in [0.15, 0.2) is 41.7 Å². The molecule has 2 rings (SSSR count). The standard InChI is InChI=1S/C15H18N4O/c1-10-6-7-12(11(2)9-10)19(3)13-5-4-8-17-14(13)15(16)18-20/h4-9,20H,1-3H3,(H2,16,18). The van der Waals surface area contributed by atoms with Gasteiger partial charge in [0.15, 0.2) is 5.84 Å². The first kappa shape index (κ1) is 13.9. The largest absolute Gasteiger partial charge is 0.409 e. The Bertz CT molecular complexity index is 652. The minimum atomic E-state index is -0.00258. The van der Waals surface area contributed by atoms with Crippen molar-refractivity contribution in [3.63, 3.8) is 0 Å². The smallest absolute Gasteiger partial charge is 0.190 e. The third kappa shape index (κ3) is 2.56. The van der Waals surface area contributed by atoms with E-state index < -0.39 is 0 Å². The molecular formula is C15H18N4O. The van der Waals surface area contributed by atoms with Crippen LogP contribution in [0.5, 0.6) is 0 Å². The SMILES string of the molecule is Cc1ccc(N(C)c2cccnc2/C(N)=N/O)c(C)c1. The molecule has 0 aliphatic rings. The molecule has 1 aromatic carbocycles. The molecule has 2 aromatic rings. The van der Waals surface area contributed by atoms with Crippen molar-refractivity contribution in [3.05, 3.63) is 53.3 Å². The van der Waals surface area contributed by atoms with Gasteiger partial charge in [-0.3, -0.25) is 4.98 Å². The minimum Gasteiger partial charge on any atom is -0.409 e. The Kier molecular flexibility index (Phi) is 3.89. The maximum atomic E-state index is 8.86. The molecule has 3 N–H and O–H groups in total. The normalized spacial score (nSPS) is 11.4. The Labute approximate surface area is 118 Å². The molecule has 20 heavy (non-hydrogen) atoms. The number of aromatic nitrogens is 1. The number of hydrogen-bond acceptors (Lipinski definition) is 4. The summed E-state index contributed by atoms with van der Waals surface area (Å²) in [5, 5.41) is 11.9. The predicted octanol–water partition coefficient (Wildman–Crippen LogP) is 2.56. The Morgan fingerprint density at radius 1 is 1.25 bits per heavy atom. The third-order valence-electron chi connectivity index (χ3n) is 3.21. The van der Waals surface area contributed by atoms with E-state index in [1.807, 2.05) is 30.1 Å². The molecule has 0 unspecified atom stereocenters. The van der Waals surface area contributed by atoms with Gasteiger partial charge >= 0.3 is 0 Å². The van der Waals surface area contributed by atoms with Crippen LogP contribution in [0.4, 0.5) is 11.4 Å². The number of oxime groups is 1. The first-order chi connectivity index (χ1) is 9.54. The molecule has 0 atom stereocenters. The van der Waals surface area contributed by atoms with Crippen molar-refractivity contribution in [3.8, 4) is 0 Å². The fourth-order valence-corrected chi connectivity index (χ4v) is 2.22. The van der Waals surface area contributed by atoms with Crippen LogP contribution < -0.4 is 10.6 Å². The van der Waals surface area contributed by atoms with E-state index in [0.29, 0.717) is 5.69 Å². The van der Waals surface area contributed by atoms with E-state index in [4.69, 9.17) is 10.9 Å². The Morgan fingerprint density at radius 3 is 2.65 bits per heavy atom.